The van der Waals surface area contributed by atoms with Crippen molar-refractivity contribution in [3.8, 4) is 5.75 Å². The summed E-state index contributed by atoms with van der Waals surface area (Å²) in [4.78, 5) is 2.25. The molecule has 1 aliphatic heterocycles. The first-order chi connectivity index (χ1) is 8.87. The van der Waals surface area contributed by atoms with Gasteiger partial charge in [0, 0.05) is 19.5 Å². The van der Waals surface area contributed by atoms with Crippen LogP contribution in [0.15, 0.2) is 18.2 Å². The monoisotopic (exact) mass is 263 g/mol. The van der Waals surface area contributed by atoms with Gasteiger partial charge in [-0.05, 0) is 38.9 Å². The molecule has 1 N–H and O–H groups in total. The maximum Gasteiger partial charge on any atom is 0.123 e. The Morgan fingerprint density at radius 2 is 2.16 bits per heavy atom. The van der Waals surface area contributed by atoms with Crippen molar-refractivity contribution in [1.82, 2.24) is 4.90 Å². The van der Waals surface area contributed by atoms with Gasteiger partial charge in [0.2, 0.25) is 0 Å². The van der Waals surface area contributed by atoms with Gasteiger partial charge in [-0.15, -0.1) is 0 Å². The molecule has 0 bridgehead atoms. The molecule has 1 aliphatic rings. The van der Waals surface area contributed by atoms with Gasteiger partial charge in [0.25, 0.3) is 0 Å². The van der Waals surface area contributed by atoms with Crippen LogP contribution in [-0.4, -0.2) is 41.3 Å². The van der Waals surface area contributed by atoms with Gasteiger partial charge in [0.05, 0.1) is 5.60 Å². The van der Waals surface area contributed by atoms with Gasteiger partial charge in [-0.2, -0.15) is 0 Å². The van der Waals surface area contributed by atoms with E-state index in [1.165, 1.54) is 11.1 Å². The summed E-state index contributed by atoms with van der Waals surface area (Å²) < 4.78 is 5.99. The van der Waals surface area contributed by atoms with Crippen LogP contribution in [0.25, 0.3) is 0 Å². The number of rotatable bonds is 5. The van der Waals surface area contributed by atoms with E-state index in [0.29, 0.717) is 6.54 Å². The van der Waals surface area contributed by atoms with Crippen molar-refractivity contribution < 1.29 is 9.84 Å². The van der Waals surface area contributed by atoms with E-state index in [1.807, 2.05) is 13.8 Å². The molecule has 0 saturated heterocycles. The number of benzene rings is 1. The summed E-state index contributed by atoms with van der Waals surface area (Å²) in [7, 11) is 0. The highest BCUT2D eigenvalue weighted by Gasteiger charge is 2.26. The molecule has 0 saturated carbocycles. The molecule has 0 radical (unpaired) electrons. The van der Waals surface area contributed by atoms with Crippen molar-refractivity contribution in [3.05, 3.63) is 29.3 Å². The normalized spacial score (nSPS) is 18.5. The van der Waals surface area contributed by atoms with Crippen molar-refractivity contribution in [2.24, 2.45) is 0 Å². The van der Waals surface area contributed by atoms with E-state index in [4.69, 9.17) is 4.74 Å². The molecule has 106 valence electrons. The van der Waals surface area contributed by atoms with E-state index < -0.39 is 5.60 Å². The van der Waals surface area contributed by atoms with Crippen molar-refractivity contribution in [3.63, 3.8) is 0 Å². The number of aryl methyl sites for hydroxylation is 1. The second-order valence-corrected chi connectivity index (χ2v) is 6.20. The highest BCUT2D eigenvalue weighted by Crippen LogP contribution is 2.29. The largest absolute Gasteiger partial charge is 0.488 e. The van der Waals surface area contributed by atoms with Crippen LogP contribution in [-0.2, 0) is 6.42 Å². The van der Waals surface area contributed by atoms with Crippen molar-refractivity contribution in [2.45, 2.75) is 45.8 Å². The topological polar surface area (TPSA) is 32.7 Å². The molecule has 1 aromatic rings. The molecule has 0 aliphatic carbocycles. The predicted molar refractivity (Wildman–Crippen MR) is 77.7 cm³/mol. The molecule has 0 aromatic heterocycles. The lowest BCUT2D eigenvalue weighted by atomic mass is 10.1. The Kier molecular flexibility index (Phi) is 4.16. The van der Waals surface area contributed by atoms with Gasteiger partial charge in [0.1, 0.15) is 11.9 Å². The number of nitrogens with zero attached hydrogens (tertiary/aromatic N) is 1. The number of aliphatic hydroxyl groups is 1. The number of fused-ring (bicyclic) bond motifs is 1. The van der Waals surface area contributed by atoms with Gasteiger partial charge in [0.15, 0.2) is 0 Å². The molecule has 1 atom stereocenters. The maximum atomic E-state index is 9.92. The van der Waals surface area contributed by atoms with Crippen LogP contribution in [0.3, 0.4) is 0 Å². The summed E-state index contributed by atoms with van der Waals surface area (Å²) in [5.41, 5.74) is 1.94. The minimum Gasteiger partial charge on any atom is -0.488 e. The smallest absolute Gasteiger partial charge is 0.123 e. The van der Waals surface area contributed by atoms with E-state index in [-0.39, 0.29) is 6.10 Å². The fourth-order valence-electron chi connectivity index (χ4n) is 2.69. The maximum absolute atomic E-state index is 9.92. The van der Waals surface area contributed by atoms with Crippen molar-refractivity contribution >= 4 is 0 Å². The number of hydrogen-bond acceptors (Lipinski definition) is 3. The Balaban J connectivity index is 1.95. The van der Waals surface area contributed by atoms with E-state index in [0.717, 1.165) is 25.3 Å². The Morgan fingerprint density at radius 1 is 1.42 bits per heavy atom. The van der Waals surface area contributed by atoms with Crippen LogP contribution in [0.2, 0.25) is 0 Å². The lowest BCUT2D eigenvalue weighted by Crippen LogP contribution is -2.43. The lowest BCUT2D eigenvalue weighted by molar-refractivity contribution is 0.0266. The molecule has 1 unspecified atom stereocenters. The predicted octanol–water partition coefficient (Wildman–Crippen LogP) is 2.39. The summed E-state index contributed by atoms with van der Waals surface area (Å²) >= 11 is 0. The van der Waals surface area contributed by atoms with E-state index in [2.05, 4.69) is 36.9 Å². The molecule has 1 aromatic carbocycles. The first-order valence-electron chi connectivity index (χ1n) is 7.08. The third-order valence-electron chi connectivity index (χ3n) is 3.48. The van der Waals surface area contributed by atoms with Gasteiger partial charge >= 0.3 is 0 Å². The molecule has 1 heterocycles. The first-order valence-corrected chi connectivity index (χ1v) is 7.08. The van der Waals surface area contributed by atoms with E-state index in [9.17, 15) is 5.11 Å². The summed E-state index contributed by atoms with van der Waals surface area (Å²) in [5.74, 6) is 1.02. The van der Waals surface area contributed by atoms with Crippen LogP contribution < -0.4 is 4.74 Å². The summed E-state index contributed by atoms with van der Waals surface area (Å²) in [6.45, 7) is 10.4. The van der Waals surface area contributed by atoms with Gasteiger partial charge < -0.3 is 9.84 Å². The van der Waals surface area contributed by atoms with Gasteiger partial charge in [-0.3, -0.25) is 4.90 Å². The molecule has 0 amide bonds. The standard InChI is InChI=1S/C16H25NO2/c1-5-17(11-16(3,4)18)10-14-9-13-8-12(2)6-7-15(13)19-14/h6-8,14,18H,5,9-11H2,1-4H3. The highest BCUT2D eigenvalue weighted by atomic mass is 16.5. The third-order valence-corrected chi connectivity index (χ3v) is 3.48. The van der Waals surface area contributed by atoms with Crippen LogP contribution in [0.5, 0.6) is 5.75 Å². The second-order valence-electron chi connectivity index (χ2n) is 6.20. The average molecular weight is 263 g/mol. The number of ether oxygens (including phenoxy) is 1. The summed E-state index contributed by atoms with van der Waals surface area (Å²) in [6, 6.07) is 6.37. The van der Waals surface area contributed by atoms with E-state index in [1.54, 1.807) is 0 Å². The van der Waals surface area contributed by atoms with Crippen LogP contribution in [0.1, 0.15) is 31.9 Å². The molecule has 2 rings (SSSR count). The molecular weight excluding hydrogens is 238 g/mol. The molecule has 0 spiro atoms. The second kappa shape index (κ2) is 5.51. The summed E-state index contributed by atoms with van der Waals surface area (Å²) in [6.07, 6.45) is 1.18. The third kappa shape index (κ3) is 3.95. The zero-order valence-corrected chi connectivity index (χ0v) is 12.4. The highest BCUT2D eigenvalue weighted by molar-refractivity contribution is 5.40. The Labute approximate surface area is 116 Å². The minimum absolute atomic E-state index is 0.207. The quantitative estimate of drug-likeness (QED) is 0.885. The number of hydrogen-bond donors (Lipinski definition) is 1. The fourth-order valence-corrected chi connectivity index (χ4v) is 2.69. The zero-order valence-electron chi connectivity index (χ0n) is 12.4. The molecular formula is C16H25NO2. The Morgan fingerprint density at radius 3 is 2.79 bits per heavy atom. The molecule has 0 fully saturated rings. The van der Waals surface area contributed by atoms with Crippen molar-refractivity contribution in [2.75, 3.05) is 19.6 Å². The molecule has 19 heavy (non-hydrogen) atoms. The zero-order chi connectivity index (χ0) is 14.0. The van der Waals surface area contributed by atoms with Crippen molar-refractivity contribution in [1.29, 1.82) is 0 Å². The Hall–Kier alpha value is -1.06. The molecule has 3 nitrogen and oxygen atoms in total. The summed E-state index contributed by atoms with van der Waals surface area (Å²) in [5, 5.41) is 9.92. The van der Waals surface area contributed by atoms with Crippen LogP contribution in [0.4, 0.5) is 0 Å². The first kappa shape index (κ1) is 14.4. The van der Waals surface area contributed by atoms with Crippen LogP contribution in [0, 0.1) is 6.92 Å². The lowest BCUT2D eigenvalue weighted by Gasteiger charge is -2.29. The minimum atomic E-state index is -0.655. The van der Waals surface area contributed by atoms with Crippen LogP contribution >= 0.6 is 0 Å². The van der Waals surface area contributed by atoms with Gasteiger partial charge in [-0.25, -0.2) is 0 Å². The van der Waals surface area contributed by atoms with E-state index >= 15 is 0 Å². The number of likely N-dealkylation sites (N-methyl/N-ethyl adjacent to an activating group) is 1. The SMILES string of the molecule is CCN(CC1Cc2cc(C)ccc2O1)CC(C)(C)O. The fraction of sp³-hybridized carbons (Fsp3) is 0.625. The Bertz CT molecular complexity index is 437. The van der Waals surface area contributed by atoms with Gasteiger partial charge in [-0.1, -0.05) is 24.6 Å². The average Bonchev–Trinajstić information content (AvgIpc) is 2.67. The molecule has 3 heteroatoms.